The Morgan fingerprint density at radius 3 is 2.61 bits per heavy atom. The highest BCUT2D eigenvalue weighted by atomic mass is 32.2. The summed E-state index contributed by atoms with van der Waals surface area (Å²) in [4.78, 5) is 19.4. The maximum absolute atomic E-state index is 12.7. The number of nitrogens with one attached hydrogen (secondary N) is 1. The van der Waals surface area contributed by atoms with Crippen molar-refractivity contribution in [1.29, 1.82) is 0 Å². The van der Waals surface area contributed by atoms with Crippen molar-refractivity contribution in [2.24, 2.45) is 0 Å². The Labute approximate surface area is 141 Å². The van der Waals surface area contributed by atoms with Crippen LogP contribution in [0.4, 0.5) is 0 Å². The molecule has 1 saturated heterocycles. The highest BCUT2D eigenvalue weighted by Gasteiger charge is 2.22. The molecule has 1 N–H and O–H groups in total. The smallest absolute Gasteiger partial charge is 0.270 e. The summed E-state index contributed by atoms with van der Waals surface area (Å²) >= 11 is 1.54. The molecule has 1 aromatic heterocycles. The predicted molar refractivity (Wildman–Crippen MR) is 93.3 cm³/mol. The van der Waals surface area contributed by atoms with Gasteiger partial charge in [0.15, 0.2) is 5.16 Å². The molecule has 2 aromatic rings. The van der Waals surface area contributed by atoms with Gasteiger partial charge in [-0.05, 0) is 51.4 Å². The standard InChI is InChI=1S/C17H22N4OS/c1-20-10-8-13(9-11-20)19-16(22)15-12-18-17(23-2)21(15)14-6-4-3-5-7-14/h3-7,12-13H,8-11H2,1-2H3,(H,19,22). The second-order valence-corrected chi connectivity index (χ2v) is 6.63. The molecule has 0 radical (unpaired) electrons. The van der Waals surface area contributed by atoms with Gasteiger partial charge in [-0.15, -0.1) is 0 Å². The normalized spacial score (nSPS) is 16.4. The monoisotopic (exact) mass is 330 g/mol. The first kappa shape index (κ1) is 16.1. The van der Waals surface area contributed by atoms with Gasteiger partial charge in [0, 0.05) is 11.7 Å². The van der Waals surface area contributed by atoms with Crippen LogP contribution in [-0.4, -0.2) is 52.8 Å². The first-order chi connectivity index (χ1) is 11.2. The van der Waals surface area contributed by atoms with Crippen LogP contribution in [0.15, 0.2) is 41.7 Å². The SMILES string of the molecule is CSc1ncc(C(=O)NC2CCN(C)CC2)n1-c1ccccc1. The Bertz CT molecular complexity index is 662. The number of imidazole rings is 1. The molecule has 1 amide bonds. The minimum atomic E-state index is -0.0452. The molecule has 6 heteroatoms. The van der Waals surface area contributed by atoms with Crippen molar-refractivity contribution in [3.8, 4) is 5.69 Å². The van der Waals surface area contributed by atoms with E-state index in [4.69, 9.17) is 0 Å². The van der Waals surface area contributed by atoms with Crippen LogP contribution in [0.25, 0.3) is 5.69 Å². The Kier molecular flexibility index (Phi) is 5.03. The van der Waals surface area contributed by atoms with Gasteiger partial charge in [-0.3, -0.25) is 9.36 Å². The summed E-state index contributed by atoms with van der Waals surface area (Å²) in [5.74, 6) is -0.0452. The fraction of sp³-hybridized carbons (Fsp3) is 0.412. The van der Waals surface area contributed by atoms with Crippen molar-refractivity contribution in [3.63, 3.8) is 0 Å². The van der Waals surface area contributed by atoms with Crippen molar-refractivity contribution in [1.82, 2.24) is 19.8 Å². The van der Waals surface area contributed by atoms with Crippen LogP contribution in [0, 0.1) is 0 Å². The Morgan fingerprint density at radius 1 is 1.26 bits per heavy atom. The van der Waals surface area contributed by atoms with Crippen LogP contribution in [-0.2, 0) is 0 Å². The Balaban J connectivity index is 1.82. The summed E-state index contributed by atoms with van der Waals surface area (Å²) in [6.45, 7) is 2.05. The summed E-state index contributed by atoms with van der Waals surface area (Å²) in [6.07, 6.45) is 5.64. The third kappa shape index (κ3) is 3.59. The summed E-state index contributed by atoms with van der Waals surface area (Å²) < 4.78 is 1.93. The summed E-state index contributed by atoms with van der Waals surface area (Å²) in [7, 11) is 2.12. The molecule has 0 spiro atoms. The molecule has 1 aromatic carbocycles. The van der Waals surface area contributed by atoms with Gasteiger partial charge in [0.25, 0.3) is 5.91 Å². The van der Waals surface area contributed by atoms with Crippen molar-refractivity contribution in [2.45, 2.75) is 24.0 Å². The van der Waals surface area contributed by atoms with E-state index in [-0.39, 0.29) is 11.9 Å². The molecule has 3 rings (SSSR count). The number of para-hydroxylation sites is 1. The van der Waals surface area contributed by atoms with E-state index in [0.29, 0.717) is 5.69 Å². The molecule has 0 saturated carbocycles. The average Bonchev–Trinajstić information content (AvgIpc) is 3.02. The maximum atomic E-state index is 12.7. The van der Waals surface area contributed by atoms with Crippen LogP contribution in [0.1, 0.15) is 23.3 Å². The van der Waals surface area contributed by atoms with E-state index in [2.05, 4.69) is 22.2 Å². The molecule has 122 valence electrons. The number of piperidine rings is 1. The predicted octanol–water partition coefficient (Wildman–Crippen LogP) is 2.42. The second kappa shape index (κ2) is 7.19. The first-order valence-electron chi connectivity index (χ1n) is 7.85. The van der Waals surface area contributed by atoms with E-state index in [1.54, 1.807) is 18.0 Å². The molecule has 1 aliphatic rings. The van der Waals surface area contributed by atoms with E-state index in [0.717, 1.165) is 36.8 Å². The minimum Gasteiger partial charge on any atom is -0.348 e. The summed E-state index contributed by atoms with van der Waals surface area (Å²) in [5.41, 5.74) is 1.56. The van der Waals surface area contributed by atoms with E-state index >= 15 is 0 Å². The van der Waals surface area contributed by atoms with Crippen LogP contribution >= 0.6 is 11.8 Å². The Hall–Kier alpha value is -1.79. The number of aromatic nitrogens is 2. The highest BCUT2D eigenvalue weighted by Crippen LogP contribution is 2.22. The van der Waals surface area contributed by atoms with E-state index in [9.17, 15) is 4.79 Å². The van der Waals surface area contributed by atoms with Crippen LogP contribution in [0.3, 0.4) is 0 Å². The van der Waals surface area contributed by atoms with Gasteiger partial charge in [-0.2, -0.15) is 0 Å². The number of nitrogens with zero attached hydrogens (tertiary/aromatic N) is 3. The van der Waals surface area contributed by atoms with Gasteiger partial charge in [0.2, 0.25) is 0 Å². The lowest BCUT2D eigenvalue weighted by atomic mass is 10.1. The van der Waals surface area contributed by atoms with E-state index in [1.165, 1.54) is 0 Å². The number of benzene rings is 1. The van der Waals surface area contributed by atoms with Gasteiger partial charge in [0.1, 0.15) is 5.69 Å². The lowest BCUT2D eigenvalue weighted by Gasteiger charge is -2.29. The number of carbonyl (C=O) groups excluding carboxylic acids is 1. The minimum absolute atomic E-state index is 0.0452. The molecule has 1 fully saturated rings. The second-order valence-electron chi connectivity index (χ2n) is 5.85. The molecule has 0 aliphatic carbocycles. The van der Waals surface area contributed by atoms with Gasteiger partial charge in [-0.25, -0.2) is 4.98 Å². The molecule has 23 heavy (non-hydrogen) atoms. The fourth-order valence-corrected chi connectivity index (χ4v) is 3.42. The summed E-state index contributed by atoms with van der Waals surface area (Å²) in [6, 6.07) is 10.1. The number of hydrogen-bond donors (Lipinski definition) is 1. The zero-order valence-electron chi connectivity index (χ0n) is 13.5. The van der Waals surface area contributed by atoms with Crippen molar-refractivity contribution >= 4 is 17.7 Å². The molecule has 0 unspecified atom stereocenters. The molecular formula is C17H22N4OS. The number of carbonyl (C=O) groups is 1. The number of amides is 1. The summed E-state index contributed by atoms with van der Waals surface area (Å²) in [5, 5.41) is 3.99. The molecule has 0 atom stereocenters. The van der Waals surface area contributed by atoms with Crippen LogP contribution in [0.5, 0.6) is 0 Å². The van der Waals surface area contributed by atoms with Gasteiger partial charge in [-0.1, -0.05) is 30.0 Å². The zero-order chi connectivity index (χ0) is 16.2. The van der Waals surface area contributed by atoms with Gasteiger partial charge in [0.05, 0.1) is 6.20 Å². The molecular weight excluding hydrogens is 308 g/mol. The molecule has 2 heterocycles. The number of likely N-dealkylation sites (tertiary alicyclic amines) is 1. The highest BCUT2D eigenvalue weighted by molar-refractivity contribution is 7.98. The largest absolute Gasteiger partial charge is 0.348 e. The maximum Gasteiger partial charge on any atom is 0.270 e. The fourth-order valence-electron chi connectivity index (χ4n) is 2.88. The quantitative estimate of drug-likeness (QED) is 0.875. The third-order valence-electron chi connectivity index (χ3n) is 4.21. The molecule has 5 nitrogen and oxygen atoms in total. The van der Waals surface area contributed by atoms with Crippen molar-refractivity contribution < 1.29 is 4.79 Å². The topological polar surface area (TPSA) is 50.2 Å². The third-order valence-corrected chi connectivity index (χ3v) is 4.87. The van der Waals surface area contributed by atoms with E-state index in [1.807, 2.05) is 41.2 Å². The Morgan fingerprint density at radius 2 is 1.96 bits per heavy atom. The van der Waals surface area contributed by atoms with E-state index < -0.39 is 0 Å². The lowest BCUT2D eigenvalue weighted by Crippen LogP contribution is -2.43. The van der Waals surface area contributed by atoms with Gasteiger partial charge >= 0.3 is 0 Å². The van der Waals surface area contributed by atoms with Crippen LogP contribution in [0.2, 0.25) is 0 Å². The average molecular weight is 330 g/mol. The first-order valence-corrected chi connectivity index (χ1v) is 9.08. The number of thioether (sulfide) groups is 1. The molecule has 1 aliphatic heterocycles. The van der Waals surface area contributed by atoms with Crippen molar-refractivity contribution in [3.05, 3.63) is 42.2 Å². The number of rotatable bonds is 4. The van der Waals surface area contributed by atoms with Gasteiger partial charge < -0.3 is 10.2 Å². The number of hydrogen-bond acceptors (Lipinski definition) is 4. The zero-order valence-corrected chi connectivity index (χ0v) is 14.3. The van der Waals surface area contributed by atoms with Crippen molar-refractivity contribution in [2.75, 3.05) is 26.4 Å². The lowest BCUT2D eigenvalue weighted by molar-refractivity contribution is 0.0909. The van der Waals surface area contributed by atoms with Crippen LogP contribution < -0.4 is 5.32 Å². The molecule has 0 bridgehead atoms.